The molecule has 14 heavy (non-hydrogen) atoms. The standard InChI is InChI=1S/C12H19BrO/c13-8-12(10-2-1-3-10)6-7-14-11(12)9-4-5-9/h9-11H,1-8H2. The summed E-state index contributed by atoms with van der Waals surface area (Å²) in [5.74, 6) is 1.88. The van der Waals surface area contributed by atoms with Gasteiger partial charge in [0.2, 0.25) is 0 Å². The van der Waals surface area contributed by atoms with Crippen LogP contribution in [0.25, 0.3) is 0 Å². The number of hydrogen-bond acceptors (Lipinski definition) is 1. The zero-order chi connectivity index (χ0) is 9.60. The summed E-state index contributed by atoms with van der Waals surface area (Å²) < 4.78 is 6.01. The van der Waals surface area contributed by atoms with Crippen molar-refractivity contribution in [2.45, 2.75) is 44.6 Å². The van der Waals surface area contributed by atoms with E-state index >= 15 is 0 Å². The molecule has 2 atom stereocenters. The van der Waals surface area contributed by atoms with Gasteiger partial charge in [-0.15, -0.1) is 0 Å². The Hall–Kier alpha value is 0.440. The van der Waals surface area contributed by atoms with E-state index in [0.717, 1.165) is 18.4 Å². The van der Waals surface area contributed by atoms with Crippen molar-refractivity contribution >= 4 is 15.9 Å². The molecule has 1 aliphatic heterocycles. The second-order valence-corrected chi connectivity index (χ2v) is 5.93. The molecule has 3 rings (SSSR count). The first kappa shape index (κ1) is 9.65. The summed E-state index contributed by atoms with van der Waals surface area (Å²) in [5, 5.41) is 1.17. The zero-order valence-corrected chi connectivity index (χ0v) is 10.3. The van der Waals surface area contributed by atoms with E-state index in [1.165, 1.54) is 43.9 Å². The Balaban J connectivity index is 1.81. The molecule has 0 radical (unpaired) electrons. The van der Waals surface area contributed by atoms with Gasteiger partial charge in [-0.05, 0) is 43.9 Å². The lowest BCUT2D eigenvalue weighted by Gasteiger charge is -2.45. The van der Waals surface area contributed by atoms with Crippen LogP contribution in [0.1, 0.15) is 38.5 Å². The summed E-state index contributed by atoms with van der Waals surface area (Å²) in [7, 11) is 0. The highest BCUT2D eigenvalue weighted by atomic mass is 79.9. The molecule has 80 valence electrons. The van der Waals surface area contributed by atoms with Crippen molar-refractivity contribution in [2.75, 3.05) is 11.9 Å². The predicted octanol–water partition coefficient (Wildman–Crippen LogP) is 3.37. The van der Waals surface area contributed by atoms with E-state index in [0.29, 0.717) is 11.5 Å². The molecule has 1 heterocycles. The van der Waals surface area contributed by atoms with E-state index in [1.54, 1.807) is 0 Å². The summed E-state index contributed by atoms with van der Waals surface area (Å²) in [6.07, 6.45) is 9.13. The summed E-state index contributed by atoms with van der Waals surface area (Å²) >= 11 is 3.77. The van der Waals surface area contributed by atoms with Crippen LogP contribution < -0.4 is 0 Å². The first-order chi connectivity index (χ1) is 6.87. The van der Waals surface area contributed by atoms with Gasteiger partial charge < -0.3 is 4.74 Å². The topological polar surface area (TPSA) is 9.23 Å². The van der Waals surface area contributed by atoms with E-state index in [1.807, 2.05) is 0 Å². The molecular formula is C12H19BrO. The third kappa shape index (κ3) is 1.30. The van der Waals surface area contributed by atoms with Crippen LogP contribution in [0.4, 0.5) is 0 Å². The largest absolute Gasteiger partial charge is 0.377 e. The van der Waals surface area contributed by atoms with Crippen molar-refractivity contribution in [1.82, 2.24) is 0 Å². The second-order valence-electron chi connectivity index (χ2n) is 5.37. The fourth-order valence-electron chi connectivity index (χ4n) is 3.36. The van der Waals surface area contributed by atoms with Gasteiger partial charge in [-0.2, -0.15) is 0 Å². The SMILES string of the molecule is BrCC1(C2CCC2)CCOC1C1CC1. The number of hydrogen-bond donors (Lipinski definition) is 0. The van der Waals surface area contributed by atoms with Gasteiger partial charge in [-0.3, -0.25) is 0 Å². The summed E-state index contributed by atoms with van der Waals surface area (Å²) in [6, 6.07) is 0. The van der Waals surface area contributed by atoms with Crippen molar-refractivity contribution < 1.29 is 4.74 Å². The van der Waals surface area contributed by atoms with E-state index < -0.39 is 0 Å². The smallest absolute Gasteiger partial charge is 0.0670 e. The maximum Gasteiger partial charge on any atom is 0.0670 e. The van der Waals surface area contributed by atoms with Crippen LogP contribution in [-0.4, -0.2) is 18.0 Å². The Morgan fingerprint density at radius 1 is 1.21 bits per heavy atom. The van der Waals surface area contributed by atoms with E-state index in [4.69, 9.17) is 4.74 Å². The highest BCUT2D eigenvalue weighted by Gasteiger charge is 2.55. The summed E-state index contributed by atoms with van der Waals surface area (Å²) in [6.45, 7) is 1.02. The molecule has 0 N–H and O–H groups in total. The first-order valence-corrected chi connectivity index (χ1v) is 7.16. The first-order valence-electron chi connectivity index (χ1n) is 6.04. The van der Waals surface area contributed by atoms with Crippen LogP contribution in [0.15, 0.2) is 0 Å². The van der Waals surface area contributed by atoms with E-state index in [2.05, 4.69) is 15.9 Å². The molecule has 0 aromatic carbocycles. The molecule has 2 aliphatic carbocycles. The monoisotopic (exact) mass is 258 g/mol. The molecule has 0 bridgehead atoms. The Bertz CT molecular complexity index is 222. The van der Waals surface area contributed by atoms with Crippen LogP contribution in [-0.2, 0) is 4.74 Å². The molecule has 1 nitrogen and oxygen atoms in total. The molecule has 3 aliphatic rings. The lowest BCUT2D eigenvalue weighted by Crippen LogP contribution is -2.44. The van der Waals surface area contributed by atoms with E-state index in [9.17, 15) is 0 Å². The molecule has 0 aromatic heterocycles. The molecule has 0 amide bonds. The molecule has 3 fully saturated rings. The highest BCUT2D eigenvalue weighted by molar-refractivity contribution is 9.09. The lowest BCUT2D eigenvalue weighted by atomic mass is 9.62. The zero-order valence-electron chi connectivity index (χ0n) is 8.68. The summed E-state index contributed by atoms with van der Waals surface area (Å²) in [5.41, 5.74) is 0.527. The van der Waals surface area contributed by atoms with Gasteiger partial charge in [0.15, 0.2) is 0 Å². The van der Waals surface area contributed by atoms with Gasteiger partial charge in [0, 0.05) is 17.4 Å². The Morgan fingerprint density at radius 2 is 2.00 bits per heavy atom. The van der Waals surface area contributed by atoms with Crippen molar-refractivity contribution in [3.8, 4) is 0 Å². The fraction of sp³-hybridized carbons (Fsp3) is 1.00. The third-order valence-electron chi connectivity index (χ3n) is 4.65. The van der Waals surface area contributed by atoms with Gasteiger partial charge >= 0.3 is 0 Å². The molecule has 1 saturated heterocycles. The Morgan fingerprint density at radius 3 is 2.50 bits per heavy atom. The number of rotatable bonds is 3. The normalized spacial score (nSPS) is 43.9. The van der Waals surface area contributed by atoms with Crippen LogP contribution >= 0.6 is 15.9 Å². The third-order valence-corrected chi connectivity index (χ3v) is 5.69. The average Bonchev–Trinajstić information content (AvgIpc) is 2.86. The van der Waals surface area contributed by atoms with Crippen LogP contribution in [0.2, 0.25) is 0 Å². The maximum atomic E-state index is 6.01. The van der Waals surface area contributed by atoms with Crippen LogP contribution in [0, 0.1) is 17.3 Å². The van der Waals surface area contributed by atoms with Gasteiger partial charge in [0.1, 0.15) is 0 Å². The highest BCUT2D eigenvalue weighted by Crippen LogP contribution is 2.56. The van der Waals surface area contributed by atoms with Gasteiger partial charge in [-0.1, -0.05) is 22.4 Å². The van der Waals surface area contributed by atoms with Crippen LogP contribution in [0.5, 0.6) is 0 Å². The van der Waals surface area contributed by atoms with Crippen molar-refractivity contribution in [2.24, 2.45) is 17.3 Å². The number of alkyl halides is 1. The molecule has 2 heteroatoms. The quantitative estimate of drug-likeness (QED) is 0.706. The predicted molar refractivity (Wildman–Crippen MR) is 60.6 cm³/mol. The lowest BCUT2D eigenvalue weighted by molar-refractivity contribution is -0.00967. The Kier molecular flexibility index (Phi) is 2.40. The minimum absolute atomic E-state index is 0.527. The van der Waals surface area contributed by atoms with Crippen molar-refractivity contribution in [3.63, 3.8) is 0 Å². The summed E-state index contributed by atoms with van der Waals surface area (Å²) in [4.78, 5) is 0. The number of ether oxygens (including phenoxy) is 1. The molecule has 2 saturated carbocycles. The Labute approximate surface area is 94.7 Å². The minimum atomic E-state index is 0.527. The van der Waals surface area contributed by atoms with Crippen LogP contribution in [0.3, 0.4) is 0 Å². The minimum Gasteiger partial charge on any atom is -0.377 e. The fourth-order valence-corrected chi connectivity index (χ4v) is 4.42. The van der Waals surface area contributed by atoms with Crippen molar-refractivity contribution in [3.05, 3.63) is 0 Å². The number of halogens is 1. The molecular weight excluding hydrogens is 240 g/mol. The van der Waals surface area contributed by atoms with Gasteiger partial charge in [0.05, 0.1) is 6.10 Å². The average molecular weight is 259 g/mol. The van der Waals surface area contributed by atoms with Gasteiger partial charge in [0.25, 0.3) is 0 Å². The maximum absolute atomic E-state index is 6.01. The van der Waals surface area contributed by atoms with E-state index in [-0.39, 0.29) is 0 Å². The van der Waals surface area contributed by atoms with Crippen molar-refractivity contribution in [1.29, 1.82) is 0 Å². The van der Waals surface area contributed by atoms with Gasteiger partial charge in [-0.25, -0.2) is 0 Å². The second kappa shape index (κ2) is 3.48. The molecule has 0 spiro atoms. The molecule has 0 aromatic rings. The molecule has 2 unspecified atom stereocenters.